The van der Waals surface area contributed by atoms with Crippen LogP contribution in [-0.2, 0) is 0 Å². The van der Waals surface area contributed by atoms with Gasteiger partial charge in [-0.25, -0.2) is 15.0 Å². The van der Waals surface area contributed by atoms with Crippen molar-refractivity contribution in [3.05, 3.63) is 357 Å². The second kappa shape index (κ2) is 23.6. The van der Waals surface area contributed by atoms with Gasteiger partial charge in [0.15, 0.2) is 17.5 Å². The molecule has 5 heterocycles. The van der Waals surface area contributed by atoms with Crippen LogP contribution in [0.15, 0.2) is 352 Å². The number of hydrogen-bond donors (Lipinski definition) is 0. The van der Waals surface area contributed by atoms with E-state index in [1.165, 1.54) is 0 Å². The Labute approximate surface area is 587 Å². The van der Waals surface area contributed by atoms with Crippen LogP contribution in [0.25, 0.3) is 189 Å². The maximum Gasteiger partial charge on any atom is 0.167 e. The first-order valence-corrected chi connectivity index (χ1v) is 34.5. The molecule has 0 aliphatic heterocycles. The van der Waals surface area contributed by atoms with Crippen LogP contribution >= 0.6 is 0 Å². The minimum atomic E-state index is 0.323. The summed E-state index contributed by atoms with van der Waals surface area (Å²) in [5.74, 6) is 1.25. The van der Waals surface area contributed by atoms with Crippen LogP contribution in [-0.4, -0.2) is 33.2 Å². The van der Waals surface area contributed by atoms with Crippen molar-refractivity contribution in [1.82, 2.24) is 33.2 Å². The van der Waals surface area contributed by atoms with Gasteiger partial charge in [-0.2, -0.15) is 5.26 Å². The molecule has 0 saturated heterocycles. The van der Waals surface area contributed by atoms with E-state index in [-0.39, 0.29) is 0 Å². The van der Waals surface area contributed by atoms with Gasteiger partial charge in [0.25, 0.3) is 0 Å². The molecule has 102 heavy (non-hydrogen) atoms. The predicted octanol–water partition coefficient (Wildman–Crippen LogP) is 23.8. The smallest absolute Gasteiger partial charge is 0.167 e. The Morgan fingerprint density at radius 2 is 0.431 bits per heavy atom. The van der Waals surface area contributed by atoms with Gasteiger partial charge < -0.3 is 18.3 Å². The summed E-state index contributed by atoms with van der Waals surface area (Å²) in [7, 11) is 0. The first-order valence-electron chi connectivity index (χ1n) is 34.5. The molecule has 20 aromatic rings. The zero-order chi connectivity index (χ0) is 67.4. The van der Waals surface area contributed by atoms with Crippen molar-refractivity contribution in [3.63, 3.8) is 0 Å². The van der Waals surface area contributed by atoms with Crippen molar-refractivity contribution in [2.24, 2.45) is 0 Å². The third-order valence-electron chi connectivity index (χ3n) is 20.4. The second-order valence-electron chi connectivity index (χ2n) is 26.1. The lowest BCUT2D eigenvalue weighted by Gasteiger charge is -2.29. The van der Waals surface area contributed by atoms with Gasteiger partial charge >= 0.3 is 0 Å². The van der Waals surface area contributed by atoms with Crippen LogP contribution in [0.1, 0.15) is 5.56 Å². The normalized spacial score (nSPS) is 11.7. The van der Waals surface area contributed by atoms with Gasteiger partial charge in [-0.1, -0.05) is 279 Å². The summed E-state index contributed by atoms with van der Waals surface area (Å²) in [6.45, 7) is 0. The van der Waals surface area contributed by atoms with E-state index in [1.807, 2.05) is 60.7 Å². The maximum atomic E-state index is 13.5. The van der Waals surface area contributed by atoms with Gasteiger partial charge in [-0.15, -0.1) is 0 Å². The standard InChI is InChI=1S/C94H58N8/c95-59-78-87(94-97-92(64-35-15-5-16-36-64)96-93(98-94)65-37-17-6-18-38-65)89(100-80-44-24-20-40-71(80)75-56-67(48-52-84(75)100)61-29-9-2-10-30-61)91(102-82-46-26-22-42-73(82)77-58-69(50-54-86(77)102)63-33-13-4-14-34-63)90(101-81-45-25-21-41-72(81)76-57-68(49-53-85(76)101)62-31-11-3-12-32-62)88(78)99-79-43-23-19-39-70(79)74-55-66(47-51-83(74)99)60-27-7-1-8-28-60/h1-58H. The van der Waals surface area contributed by atoms with E-state index < -0.39 is 0 Å². The molecule has 0 N–H and O–H groups in total. The molecule has 15 aromatic carbocycles. The third-order valence-corrected chi connectivity index (χ3v) is 20.4. The second-order valence-corrected chi connectivity index (χ2v) is 26.1. The number of nitrogens with zero attached hydrogens (tertiary/aromatic N) is 8. The van der Waals surface area contributed by atoms with Crippen LogP contribution in [0, 0.1) is 11.3 Å². The molecule has 8 heteroatoms. The minimum absolute atomic E-state index is 0.323. The Balaban J connectivity index is 1.08. The maximum absolute atomic E-state index is 13.5. The van der Waals surface area contributed by atoms with E-state index >= 15 is 0 Å². The van der Waals surface area contributed by atoms with Crippen molar-refractivity contribution in [2.45, 2.75) is 0 Å². The molecule has 0 bridgehead atoms. The average molecular weight is 1300 g/mol. The van der Waals surface area contributed by atoms with Crippen molar-refractivity contribution in [3.8, 4) is 107 Å². The first-order chi connectivity index (χ1) is 50.6. The fourth-order valence-electron chi connectivity index (χ4n) is 15.9. The van der Waals surface area contributed by atoms with E-state index in [2.05, 4.69) is 316 Å². The highest BCUT2D eigenvalue weighted by molar-refractivity contribution is 6.18. The summed E-state index contributed by atoms with van der Waals surface area (Å²) in [5.41, 5.74) is 21.6. The molecule has 0 spiro atoms. The molecule has 0 atom stereocenters. The predicted molar refractivity (Wildman–Crippen MR) is 420 cm³/mol. The molecule has 20 rings (SSSR count). The largest absolute Gasteiger partial charge is 0.306 e. The van der Waals surface area contributed by atoms with Gasteiger partial charge in [0.1, 0.15) is 6.07 Å². The lowest BCUT2D eigenvalue weighted by atomic mass is 9.96. The topological polar surface area (TPSA) is 82.2 Å². The van der Waals surface area contributed by atoms with Gasteiger partial charge in [0.2, 0.25) is 0 Å². The van der Waals surface area contributed by atoms with Gasteiger partial charge in [-0.3, -0.25) is 0 Å². The van der Waals surface area contributed by atoms with Crippen molar-refractivity contribution in [2.75, 3.05) is 0 Å². The van der Waals surface area contributed by atoms with Gasteiger partial charge in [-0.05, 0) is 117 Å². The summed E-state index contributed by atoms with van der Waals surface area (Å²) < 4.78 is 9.76. The fourth-order valence-corrected chi connectivity index (χ4v) is 15.9. The number of benzene rings is 15. The van der Waals surface area contributed by atoms with Crippen molar-refractivity contribution < 1.29 is 0 Å². The van der Waals surface area contributed by atoms with E-state index in [4.69, 9.17) is 15.0 Å². The third kappa shape index (κ3) is 9.19. The summed E-state index contributed by atoms with van der Waals surface area (Å²) >= 11 is 0. The lowest BCUT2D eigenvalue weighted by Crippen LogP contribution is -2.17. The van der Waals surface area contributed by atoms with Gasteiger partial charge in [0.05, 0.1) is 78.0 Å². The Hall–Kier alpha value is -14.0. The molecule has 0 fully saturated rings. The molecule has 474 valence electrons. The molecule has 0 aliphatic carbocycles. The Morgan fingerprint density at radius 1 is 0.196 bits per heavy atom. The molecule has 0 saturated carbocycles. The van der Waals surface area contributed by atoms with Crippen LogP contribution in [0.3, 0.4) is 0 Å². The van der Waals surface area contributed by atoms with E-state index in [0.29, 0.717) is 40.0 Å². The monoisotopic (exact) mass is 1300 g/mol. The zero-order valence-corrected chi connectivity index (χ0v) is 55.1. The molecule has 8 nitrogen and oxygen atoms in total. The number of para-hydroxylation sites is 4. The van der Waals surface area contributed by atoms with Crippen LogP contribution in [0.4, 0.5) is 0 Å². The van der Waals surface area contributed by atoms with E-state index in [1.54, 1.807) is 0 Å². The number of aromatic nitrogens is 7. The number of nitriles is 1. The van der Waals surface area contributed by atoms with Gasteiger partial charge in [0, 0.05) is 54.2 Å². The van der Waals surface area contributed by atoms with E-state index in [9.17, 15) is 5.26 Å². The van der Waals surface area contributed by atoms with Crippen LogP contribution in [0.5, 0.6) is 0 Å². The van der Waals surface area contributed by atoms with Crippen molar-refractivity contribution in [1.29, 1.82) is 5.26 Å². The highest BCUT2D eigenvalue weighted by Crippen LogP contribution is 2.53. The summed E-state index contributed by atoms with van der Waals surface area (Å²) in [5, 5.41) is 21.9. The number of hydrogen-bond acceptors (Lipinski definition) is 4. The average Bonchev–Trinajstić information content (AvgIpc) is 1.48. The molecule has 0 aliphatic rings. The van der Waals surface area contributed by atoms with Crippen LogP contribution < -0.4 is 0 Å². The van der Waals surface area contributed by atoms with Crippen LogP contribution in [0.2, 0.25) is 0 Å². The summed E-state index contributed by atoms with van der Waals surface area (Å²) in [4.78, 5) is 17.0. The molecule has 5 aromatic heterocycles. The Morgan fingerprint density at radius 3 is 0.735 bits per heavy atom. The lowest BCUT2D eigenvalue weighted by molar-refractivity contribution is 1.01. The fraction of sp³-hybridized carbons (Fsp3) is 0. The highest BCUT2D eigenvalue weighted by Gasteiger charge is 2.37. The highest BCUT2D eigenvalue weighted by atomic mass is 15.2. The molecule has 0 unspecified atom stereocenters. The molecular weight excluding hydrogens is 1240 g/mol. The van der Waals surface area contributed by atoms with E-state index in [0.717, 1.165) is 154 Å². The number of fused-ring (bicyclic) bond motifs is 12. The Bertz CT molecular complexity index is 6720. The number of rotatable bonds is 11. The molecule has 0 amide bonds. The molecule has 0 radical (unpaired) electrons. The summed E-state index contributed by atoms with van der Waals surface area (Å²) in [6, 6.07) is 128. The molecular formula is C94H58N8. The SMILES string of the molecule is N#Cc1c(-c2nc(-c3ccccc3)nc(-c3ccccc3)n2)c(-n2c3ccccc3c3cc(-c4ccccc4)ccc32)c(-n2c3ccccc3c3cc(-c4ccccc4)ccc32)c(-n2c3ccccc3c3cc(-c4ccccc4)ccc32)c1-n1c2ccccc2c2cc(-c3ccccc3)ccc21. The quantitative estimate of drug-likeness (QED) is 0.129. The minimum Gasteiger partial charge on any atom is -0.306 e. The first kappa shape index (κ1) is 58.2. The Kier molecular flexibility index (Phi) is 13.5. The zero-order valence-electron chi connectivity index (χ0n) is 55.1. The summed E-state index contributed by atoms with van der Waals surface area (Å²) in [6.07, 6.45) is 0. The van der Waals surface area contributed by atoms with Crippen molar-refractivity contribution >= 4 is 87.2 Å².